The lowest BCUT2D eigenvalue weighted by atomic mass is 10.3. The Kier molecular flexibility index (Phi) is 2.79. The van der Waals surface area contributed by atoms with Crippen molar-refractivity contribution in [3.05, 3.63) is 40.9 Å². The number of rotatable bonds is 3. The summed E-state index contributed by atoms with van der Waals surface area (Å²) in [5.74, 6) is -0.273. The molecule has 0 radical (unpaired) electrons. The molecular weight excluding hydrogens is 262 g/mol. The average Bonchev–Trinajstić information content (AvgIpc) is 3.03. The van der Waals surface area contributed by atoms with Gasteiger partial charge in [-0.2, -0.15) is 0 Å². The number of carboxylic acid groups (broad SMARTS) is 1. The molecule has 3 aromatic heterocycles. The van der Waals surface area contributed by atoms with Crippen LogP contribution in [0.2, 0.25) is 0 Å². The van der Waals surface area contributed by atoms with Crippen molar-refractivity contribution < 1.29 is 9.90 Å². The van der Waals surface area contributed by atoms with E-state index in [0.29, 0.717) is 11.5 Å². The molecule has 0 spiro atoms. The summed E-state index contributed by atoms with van der Waals surface area (Å²) in [4.78, 5) is 13.3. The van der Waals surface area contributed by atoms with Gasteiger partial charge in [0.25, 0.3) is 0 Å². The zero-order valence-corrected chi connectivity index (χ0v) is 11.0. The van der Waals surface area contributed by atoms with Gasteiger partial charge in [0.05, 0.1) is 10.4 Å². The van der Waals surface area contributed by atoms with Crippen molar-refractivity contribution in [1.82, 2.24) is 14.6 Å². The number of fused-ring (bicyclic) bond motifs is 1. The minimum absolute atomic E-state index is 0.223. The van der Waals surface area contributed by atoms with E-state index in [2.05, 4.69) is 23.2 Å². The Bertz CT molecular complexity index is 760. The van der Waals surface area contributed by atoms with Gasteiger partial charge in [-0.1, -0.05) is 6.92 Å². The van der Waals surface area contributed by atoms with Crippen molar-refractivity contribution in [2.75, 3.05) is 0 Å². The summed E-state index contributed by atoms with van der Waals surface area (Å²) in [6.07, 6.45) is 2.53. The molecule has 5 nitrogen and oxygen atoms in total. The smallest absolute Gasteiger partial charge is 0.337 e. The normalized spacial score (nSPS) is 11.0. The number of aromatic carboxylic acids is 1. The van der Waals surface area contributed by atoms with E-state index < -0.39 is 5.97 Å². The highest BCUT2D eigenvalue weighted by atomic mass is 32.1. The highest BCUT2D eigenvalue weighted by Crippen LogP contribution is 2.27. The molecule has 0 aromatic carbocycles. The van der Waals surface area contributed by atoms with Crippen LogP contribution in [0.25, 0.3) is 16.3 Å². The Balaban J connectivity index is 2.17. The number of nitrogens with zero attached hydrogens (tertiary/aromatic N) is 3. The standard InChI is InChI=1S/C13H11N3O2S/c1-2-9-4-5-10(19-9)12-15-14-11-6-3-8(13(17)18)7-16(11)12/h3-7H,2H2,1H3,(H,17,18). The van der Waals surface area contributed by atoms with Crippen LogP contribution in [-0.4, -0.2) is 25.7 Å². The Labute approximate surface area is 113 Å². The van der Waals surface area contributed by atoms with Gasteiger partial charge in [0, 0.05) is 11.1 Å². The zero-order chi connectivity index (χ0) is 13.4. The molecular formula is C13H11N3O2S. The minimum atomic E-state index is -0.957. The van der Waals surface area contributed by atoms with E-state index in [1.54, 1.807) is 28.0 Å². The lowest BCUT2D eigenvalue weighted by Gasteiger charge is -1.99. The molecule has 0 fully saturated rings. The topological polar surface area (TPSA) is 67.5 Å². The largest absolute Gasteiger partial charge is 0.478 e. The van der Waals surface area contributed by atoms with Crippen molar-refractivity contribution in [3.8, 4) is 10.7 Å². The summed E-state index contributed by atoms with van der Waals surface area (Å²) in [6, 6.07) is 7.24. The fraction of sp³-hybridized carbons (Fsp3) is 0.154. The third-order valence-corrected chi connectivity index (χ3v) is 4.11. The number of pyridine rings is 1. The maximum absolute atomic E-state index is 11.0. The van der Waals surface area contributed by atoms with Gasteiger partial charge in [0.1, 0.15) is 0 Å². The summed E-state index contributed by atoms with van der Waals surface area (Å²) in [5.41, 5.74) is 0.868. The van der Waals surface area contributed by atoms with Crippen LogP contribution in [0.1, 0.15) is 22.2 Å². The lowest BCUT2D eigenvalue weighted by Crippen LogP contribution is -1.99. The van der Waals surface area contributed by atoms with E-state index >= 15 is 0 Å². The highest BCUT2D eigenvalue weighted by molar-refractivity contribution is 7.15. The molecule has 0 bridgehead atoms. The lowest BCUT2D eigenvalue weighted by molar-refractivity contribution is 0.0696. The molecule has 0 saturated carbocycles. The molecule has 0 aliphatic carbocycles. The molecule has 0 atom stereocenters. The summed E-state index contributed by atoms with van der Waals surface area (Å²) in [7, 11) is 0. The molecule has 0 aliphatic heterocycles. The SMILES string of the molecule is CCc1ccc(-c2nnc3ccc(C(=O)O)cn23)s1. The van der Waals surface area contributed by atoms with E-state index in [1.807, 2.05) is 6.07 Å². The van der Waals surface area contributed by atoms with E-state index in [1.165, 1.54) is 10.9 Å². The van der Waals surface area contributed by atoms with Gasteiger partial charge < -0.3 is 5.11 Å². The van der Waals surface area contributed by atoms with Crippen molar-refractivity contribution in [2.45, 2.75) is 13.3 Å². The van der Waals surface area contributed by atoms with Crippen molar-refractivity contribution in [2.24, 2.45) is 0 Å². The summed E-state index contributed by atoms with van der Waals surface area (Å²) in [6.45, 7) is 2.10. The maximum atomic E-state index is 11.0. The number of hydrogen-bond acceptors (Lipinski definition) is 4. The summed E-state index contributed by atoms with van der Waals surface area (Å²) in [5, 5.41) is 17.2. The number of carboxylic acids is 1. The quantitative estimate of drug-likeness (QED) is 0.796. The van der Waals surface area contributed by atoms with Gasteiger partial charge in [-0.05, 0) is 30.7 Å². The number of thiophene rings is 1. The van der Waals surface area contributed by atoms with Crippen LogP contribution in [0.3, 0.4) is 0 Å². The first-order chi connectivity index (χ1) is 9.19. The molecule has 0 aliphatic rings. The predicted octanol–water partition coefficient (Wildman–Crippen LogP) is 2.72. The third-order valence-electron chi connectivity index (χ3n) is 2.88. The summed E-state index contributed by atoms with van der Waals surface area (Å²) >= 11 is 1.65. The molecule has 6 heteroatoms. The first-order valence-electron chi connectivity index (χ1n) is 5.86. The van der Waals surface area contributed by atoms with Gasteiger partial charge in [0.15, 0.2) is 11.5 Å². The van der Waals surface area contributed by atoms with E-state index in [4.69, 9.17) is 5.11 Å². The van der Waals surface area contributed by atoms with E-state index in [-0.39, 0.29) is 5.56 Å². The van der Waals surface area contributed by atoms with Crippen molar-refractivity contribution in [1.29, 1.82) is 0 Å². The molecule has 19 heavy (non-hydrogen) atoms. The Morgan fingerprint density at radius 1 is 1.32 bits per heavy atom. The first-order valence-corrected chi connectivity index (χ1v) is 6.68. The van der Waals surface area contributed by atoms with Gasteiger partial charge in [-0.25, -0.2) is 4.79 Å². The second-order valence-electron chi connectivity index (χ2n) is 4.09. The Hall–Kier alpha value is -2.21. The summed E-state index contributed by atoms with van der Waals surface area (Å²) < 4.78 is 1.72. The number of carbonyl (C=O) groups is 1. The first kappa shape index (κ1) is 11.9. The van der Waals surface area contributed by atoms with Crippen molar-refractivity contribution in [3.63, 3.8) is 0 Å². The molecule has 0 unspecified atom stereocenters. The predicted molar refractivity (Wildman–Crippen MR) is 72.6 cm³/mol. The molecule has 0 saturated heterocycles. The van der Waals surface area contributed by atoms with Gasteiger partial charge in [-0.3, -0.25) is 4.40 Å². The molecule has 3 aromatic rings. The average molecular weight is 273 g/mol. The van der Waals surface area contributed by atoms with Crippen LogP contribution >= 0.6 is 11.3 Å². The molecule has 96 valence electrons. The molecule has 3 rings (SSSR count). The highest BCUT2D eigenvalue weighted by Gasteiger charge is 2.12. The van der Waals surface area contributed by atoms with E-state index in [9.17, 15) is 4.79 Å². The monoisotopic (exact) mass is 273 g/mol. The van der Waals surface area contributed by atoms with Crippen LogP contribution in [0.15, 0.2) is 30.5 Å². The fourth-order valence-corrected chi connectivity index (χ4v) is 2.80. The molecule has 3 heterocycles. The number of hydrogen-bond donors (Lipinski definition) is 1. The van der Waals surface area contributed by atoms with Gasteiger partial charge >= 0.3 is 5.97 Å². The van der Waals surface area contributed by atoms with Crippen LogP contribution < -0.4 is 0 Å². The van der Waals surface area contributed by atoms with Gasteiger partial charge in [-0.15, -0.1) is 21.5 Å². The fourth-order valence-electron chi connectivity index (χ4n) is 1.87. The maximum Gasteiger partial charge on any atom is 0.337 e. The number of aromatic nitrogens is 3. The second kappa shape index (κ2) is 4.47. The van der Waals surface area contributed by atoms with Crippen LogP contribution in [0.5, 0.6) is 0 Å². The second-order valence-corrected chi connectivity index (χ2v) is 5.26. The zero-order valence-electron chi connectivity index (χ0n) is 10.2. The van der Waals surface area contributed by atoms with Crippen LogP contribution in [0.4, 0.5) is 0 Å². The molecule has 1 N–H and O–H groups in total. The third kappa shape index (κ3) is 2.00. The van der Waals surface area contributed by atoms with Crippen molar-refractivity contribution >= 4 is 23.0 Å². The Morgan fingerprint density at radius 2 is 2.16 bits per heavy atom. The van der Waals surface area contributed by atoms with E-state index in [0.717, 1.165) is 11.3 Å². The minimum Gasteiger partial charge on any atom is -0.478 e. The Morgan fingerprint density at radius 3 is 2.84 bits per heavy atom. The molecule has 0 amide bonds. The number of aryl methyl sites for hydroxylation is 1. The van der Waals surface area contributed by atoms with Gasteiger partial charge in [0.2, 0.25) is 0 Å². The van der Waals surface area contributed by atoms with Crippen LogP contribution in [0, 0.1) is 0 Å². The van der Waals surface area contributed by atoms with Crippen LogP contribution in [-0.2, 0) is 6.42 Å².